The van der Waals surface area contributed by atoms with Crippen molar-refractivity contribution < 1.29 is 0 Å². The average molecular weight is 282 g/mol. The molecule has 1 aliphatic carbocycles. The lowest BCUT2D eigenvalue weighted by Crippen LogP contribution is -2.47. The van der Waals surface area contributed by atoms with Crippen molar-refractivity contribution >= 4 is 11.6 Å². The Morgan fingerprint density at radius 3 is 2.29 bits per heavy atom. The van der Waals surface area contributed by atoms with Gasteiger partial charge in [-0.2, -0.15) is 0 Å². The van der Waals surface area contributed by atoms with Gasteiger partial charge in [0.25, 0.3) is 0 Å². The summed E-state index contributed by atoms with van der Waals surface area (Å²) >= 11 is 0. The smallest absolute Gasteiger partial charge is 0.147 e. The van der Waals surface area contributed by atoms with E-state index in [0.29, 0.717) is 5.92 Å². The van der Waals surface area contributed by atoms with Crippen LogP contribution in [0.5, 0.6) is 0 Å². The van der Waals surface area contributed by atoms with Gasteiger partial charge in [-0.15, -0.1) is 0 Å². The molecule has 0 radical (unpaired) electrons. The van der Waals surface area contributed by atoms with E-state index in [1.54, 1.807) is 12.4 Å². The van der Waals surface area contributed by atoms with Crippen molar-refractivity contribution in [2.75, 3.05) is 36.0 Å². The van der Waals surface area contributed by atoms with Crippen molar-refractivity contribution in [2.24, 2.45) is 0 Å². The highest BCUT2D eigenvalue weighted by Gasteiger charge is 2.27. The van der Waals surface area contributed by atoms with Crippen LogP contribution in [-0.4, -0.2) is 46.1 Å². The number of hydrogen-bond acceptors (Lipinski definition) is 6. The maximum Gasteiger partial charge on any atom is 0.147 e. The van der Waals surface area contributed by atoms with Crippen molar-refractivity contribution in [2.45, 2.75) is 18.8 Å². The third kappa shape index (κ3) is 2.66. The third-order valence-electron chi connectivity index (χ3n) is 4.08. The maximum absolute atomic E-state index is 4.72. The topological polar surface area (TPSA) is 58.0 Å². The Kier molecular flexibility index (Phi) is 3.14. The quantitative estimate of drug-likeness (QED) is 0.849. The van der Waals surface area contributed by atoms with Crippen LogP contribution in [-0.2, 0) is 0 Å². The standard InChI is InChI=1S/C15H18N6/c1-2-12(1)15-18-4-3-13(19-15)20-7-9-21(10-8-20)14-11-16-5-6-17-14/h3-6,11-12H,1-2,7-10H2. The first-order valence-corrected chi connectivity index (χ1v) is 7.49. The summed E-state index contributed by atoms with van der Waals surface area (Å²) in [6.45, 7) is 3.80. The molecule has 0 unspecified atom stereocenters. The molecule has 2 fully saturated rings. The summed E-state index contributed by atoms with van der Waals surface area (Å²) in [5.41, 5.74) is 0. The average Bonchev–Trinajstić information content (AvgIpc) is 3.41. The molecule has 0 aromatic carbocycles. The first kappa shape index (κ1) is 12.5. The molecule has 0 N–H and O–H groups in total. The first-order chi connectivity index (χ1) is 10.4. The number of nitrogens with zero attached hydrogens (tertiary/aromatic N) is 6. The van der Waals surface area contributed by atoms with Gasteiger partial charge in [0.15, 0.2) is 0 Å². The zero-order chi connectivity index (χ0) is 14.1. The van der Waals surface area contributed by atoms with Gasteiger partial charge in [-0.3, -0.25) is 4.98 Å². The zero-order valence-electron chi connectivity index (χ0n) is 11.9. The Balaban J connectivity index is 1.44. The van der Waals surface area contributed by atoms with E-state index in [1.807, 2.05) is 18.5 Å². The van der Waals surface area contributed by atoms with Crippen molar-refractivity contribution in [1.29, 1.82) is 0 Å². The molecule has 1 saturated carbocycles. The molecule has 0 bridgehead atoms. The van der Waals surface area contributed by atoms with Gasteiger partial charge < -0.3 is 9.80 Å². The lowest BCUT2D eigenvalue weighted by Gasteiger charge is -2.35. The second kappa shape index (κ2) is 5.27. The number of piperazine rings is 1. The second-order valence-corrected chi connectivity index (χ2v) is 5.59. The molecular formula is C15H18N6. The minimum Gasteiger partial charge on any atom is -0.353 e. The van der Waals surface area contributed by atoms with Crippen molar-refractivity contribution in [3.05, 3.63) is 36.7 Å². The fraction of sp³-hybridized carbons (Fsp3) is 0.467. The van der Waals surface area contributed by atoms with Crippen LogP contribution in [0.3, 0.4) is 0 Å². The highest BCUT2D eigenvalue weighted by molar-refractivity contribution is 5.43. The van der Waals surface area contributed by atoms with Crippen LogP contribution in [0, 0.1) is 0 Å². The molecule has 6 nitrogen and oxygen atoms in total. The van der Waals surface area contributed by atoms with Crippen LogP contribution in [0.4, 0.5) is 11.6 Å². The second-order valence-electron chi connectivity index (χ2n) is 5.59. The molecule has 2 aromatic heterocycles. The monoisotopic (exact) mass is 282 g/mol. The molecule has 3 heterocycles. The molecule has 2 aromatic rings. The van der Waals surface area contributed by atoms with Crippen molar-refractivity contribution in [3.63, 3.8) is 0 Å². The number of hydrogen-bond donors (Lipinski definition) is 0. The van der Waals surface area contributed by atoms with Gasteiger partial charge in [0, 0.05) is 50.7 Å². The van der Waals surface area contributed by atoms with Gasteiger partial charge >= 0.3 is 0 Å². The Morgan fingerprint density at radius 1 is 0.857 bits per heavy atom. The van der Waals surface area contributed by atoms with Crippen LogP contribution in [0.15, 0.2) is 30.9 Å². The molecule has 2 aliphatic rings. The highest BCUT2D eigenvalue weighted by Crippen LogP contribution is 2.38. The largest absolute Gasteiger partial charge is 0.353 e. The number of rotatable bonds is 3. The molecule has 1 saturated heterocycles. The Morgan fingerprint density at radius 2 is 1.62 bits per heavy atom. The van der Waals surface area contributed by atoms with Crippen molar-refractivity contribution in [1.82, 2.24) is 19.9 Å². The maximum atomic E-state index is 4.72. The molecule has 4 rings (SSSR count). The van der Waals surface area contributed by atoms with E-state index in [-0.39, 0.29) is 0 Å². The normalized spacial score (nSPS) is 18.9. The van der Waals surface area contributed by atoms with E-state index >= 15 is 0 Å². The van der Waals surface area contributed by atoms with Crippen LogP contribution >= 0.6 is 0 Å². The molecular weight excluding hydrogens is 264 g/mol. The third-order valence-corrected chi connectivity index (χ3v) is 4.08. The van der Waals surface area contributed by atoms with Crippen molar-refractivity contribution in [3.8, 4) is 0 Å². The van der Waals surface area contributed by atoms with E-state index in [2.05, 4.69) is 24.8 Å². The van der Waals surface area contributed by atoms with Gasteiger partial charge in [-0.05, 0) is 18.9 Å². The lowest BCUT2D eigenvalue weighted by atomic mass is 10.3. The Labute approximate surface area is 123 Å². The molecule has 0 atom stereocenters. The zero-order valence-corrected chi connectivity index (χ0v) is 11.9. The summed E-state index contributed by atoms with van der Waals surface area (Å²) in [4.78, 5) is 22.2. The minimum absolute atomic E-state index is 0.603. The van der Waals surface area contributed by atoms with Gasteiger partial charge in [-0.25, -0.2) is 15.0 Å². The molecule has 0 amide bonds. The van der Waals surface area contributed by atoms with Gasteiger partial charge in [0.1, 0.15) is 17.5 Å². The SMILES string of the molecule is c1cnc(N2CCN(c3ccnc(C4CC4)n3)CC2)cn1. The minimum atomic E-state index is 0.603. The van der Waals surface area contributed by atoms with E-state index in [9.17, 15) is 0 Å². The summed E-state index contributed by atoms with van der Waals surface area (Å²) in [6, 6.07) is 2.02. The molecule has 6 heteroatoms. The lowest BCUT2D eigenvalue weighted by molar-refractivity contribution is 0.638. The Bertz CT molecular complexity index is 605. The summed E-state index contributed by atoms with van der Waals surface area (Å²) in [5, 5.41) is 0. The Hall–Kier alpha value is -2.24. The fourth-order valence-electron chi connectivity index (χ4n) is 2.70. The summed E-state index contributed by atoms with van der Waals surface area (Å²) in [6.07, 6.45) is 9.65. The van der Waals surface area contributed by atoms with Gasteiger partial charge in [-0.1, -0.05) is 0 Å². The molecule has 108 valence electrons. The first-order valence-electron chi connectivity index (χ1n) is 7.49. The van der Waals surface area contributed by atoms with Gasteiger partial charge in [0.2, 0.25) is 0 Å². The van der Waals surface area contributed by atoms with Crippen LogP contribution < -0.4 is 9.80 Å². The van der Waals surface area contributed by atoms with E-state index < -0.39 is 0 Å². The summed E-state index contributed by atoms with van der Waals surface area (Å²) in [5.74, 6) is 3.64. The van der Waals surface area contributed by atoms with Crippen LogP contribution in [0.25, 0.3) is 0 Å². The van der Waals surface area contributed by atoms with Crippen LogP contribution in [0.2, 0.25) is 0 Å². The highest BCUT2D eigenvalue weighted by atomic mass is 15.3. The summed E-state index contributed by atoms with van der Waals surface area (Å²) in [7, 11) is 0. The predicted octanol–water partition coefficient (Wildman–Crippen LogP) is 1.47. The summed E-state index contributed by atoms with van der Waals surface area (Å²) < 4.78 is 0. The van der Waals surface area contributed by atoms with E-state index in [0.717, 1.165) is 43.6 Å². The molecule has 0 spiro atoms. The van der Waals surface area contributed by atoms with E-state index in [1.165, 1.54) is 12.8 Å². The fourth-order valence-corrected chi connectivity index (χ4v) is 2.70. The van der Waals surface area contributed by atoms with Gasteiger partial charge in [0.05, 0.1) is 6.20 Å². The predicted molar refractivity (Wildman–Crippen MR) is 80.5 cm³/mol. The van der Waals surface area contributed by atoms with Crippen LogP contribution in [0.1, 0.15) is 24.6 Å². The number of anilines is 2. The molecule has 21 heavy (non-hydrogen) atoms. The molecule has 1 aliphatic heterocycles. The van der Waals surface area contributed by atoms with E-state index in [4.69, 9.17) is 4.98 Å². The number of aromatic nitrogens is 4.